The summed E-state index contributed by atoms with van der Waals surface area (Å²) in [5.74, 6) is 0.771. The van der Waals surface area contributed by atoms with Crippen molar-refractivity contribution in [2.75, 3.05) is 13.7 Å². The molecule has 2 unspecified atom stereocenters. The molecule has 180 valence electrons. The molecule has 0 bridgehead atoms. The smallest absolute Gasteiger partial charge is 0.137 e. The normalized spacial score (nSPS) is 24.6. The van der Waals surface area contributed by atoms with Gasteiger partial charge in [0.2, 0.25) is 0 Å². The van der Waals surface area contributed by atoms with Gasteiger partial charge in [0.1, 0.15) is 35.6 Å². The van der Waals surface area contributed by atoms with Gasteiger partial charge in [-0.1, -0.05) is 72.4 Å². The molecule has 1 fully saturated rings. The summed E-state index contributed by atoms with van der Waals surface area (Å²) in [6.07, 6.45) is -3.08. The van der Waals surface area contributed by atoms with E-state index in [1.54, 1.807) is 7.11 Å². The molecule has 0 aromatic heterocycles. The molecule has 0 saturated carbocycles. The molecule has 0 aliphatic carbocycles. The number of hydrogen-bond acceptors (Lipinski definition) is 7. The molecule has 2 N–H and O–H groups in total. The van der Waals surface area contributed by atoms with Crippen LogP contribution in [0, 0.1) is 0 Å². The third kappa shape index (κ3) is 6.39. The van der Waals surface area contributed by atoms with E-state index in [0.29, 0.717) is 13.2 Å². The average molecular weight is 483 g/mol. The number of ether oxygens (including phenoxy) is 4. The van der Waals surface area contributed by atoms with Crippen molar-refractivity contribution in [3.8, 4) is 5.75 Å². The lowest BCUT2D eigenvalue weighted by molar-refractivity contribution is -0.237. The van der Waals surface area contributed by atoms with Gasteiger partial charge in [0.25, 0.3) is 0 Å². The third-order valence-electron chi connectivity index (χ3n) is 5.68. The minimum Gasteiger partial charge on any atom is -0.497 e. The number of hydrogen-bond donors (Lipinski definition) is 2. The minimum atomic E-state index is -1.04. The highest BCUT2D eigenvalue weighted by molar-refractivity contribution is 7.99. The van der Waals surface area contributed by atoms with Crippen LogP contribution in [0.1, 0.15) is 11.1 Å². The van der Waals surface area contributed by atoms with Crippen molar-refractivity contribution in [3.05, 3.63) is 96.1 Å². The monoisotopic (exact) mass is 482 g/mol. The van der Waals surface area contributed by atoms with Crippen LogP contribution in [0.15, 0.2) is 89.8 Å². The third-order valence-corrected chi connectivity index (χ3v) is 6.84. The Hall–Kier alpha value is -2.39. The maximum Gasteiger partial charge on any atom is 0.137 e. The summed E-state index contributed by atoms with van der Waals surface area (Å²) in [6, 6.07) is 27.3. The Morgan fingerprint density at radius 1 is 0.794 bits per heavy atom. The first kappa shape index (κ1) is 24.7. The first-order valence-corrected chi connectivity index (χ1v) is 12.1. The second kappa shape index (κ2) is 12.4. The quantitative estimate of drug-likeness (QED) is 0.452. The maximum atomic E-state index is 11.0. The van der Waals surface area contributed by atoms with E-state index in [1.165, 1.54) is 11.8 Å². The van der Waals surface area contributed by atoms with Crippen LogP contribution in [0.2, 0.25) is 0 Å². The second-order valence-corrected chi connectivity index (χ2v) is 9.20. The SMILES string of the molecule is COc1ccc(COC2[C@@H](OCc3ccccc3)[C@@H](O)C(CO)O[C@H]2Sc2ccccc2)cc1. The molecule has 1 aliphatic heterocycles. The number of thioether (sulfide) groups is 1. The predicted molar refractivity (Wildman–Crippen MR) is 131 cm³/mol. The van der Waals surface area contributed by atoms with Gasteiger partial charge in [-0.2, -0.15) is 0 Å². The van der Waals surface area contributed by atoms with Crippen LogP contribution >= 0.6 is 11.8 Å². The van der Waals surface area contributed by atoms with Crippen LogP contribution in [-0.4, -0.2) is 53.8 Å². The van der Waals surface area contributed by atoms with Crippen LogP contribution < -0.4 is 4.74 Å². The molecule has 6 nitrogen and oxygen atoms in total. The summed E-state index contributed by atoms with van der Waals surface area (Å²) in [4.78, 5) is 1.00. The van der Waals surface area contributed by atoms with Crippen molar-refractivity contribution < 1.29 is 29.2 Å². The molecule has 0 radical (unpaired) electrons. The largest absolute Gasteiger partial charge is 0.497 e. The van der Waals surface area contributed by atoms with Crippen molar-refractivity contribution in [1.29, 1.82) is 0 Å². The molecule has 7 heteroatoms. The molecule has 4 rings (SSSR count). The Morgan fingerprint density at radius 2 is 1.38 bits per heavy atom. The highest BCUT2D eigenvalue weighted by atomic mass is 32.2. The van der Waals surface area contributed by atoms with Gasteiger partial charge in [-0.25, -0.2) is 0 Å². The zero-order chi connectivity index (χ0) is 23.8. The number of rotatable bonds is 10. The minimum absolute atomic E-state index is 0.311. The Morgan fingerprint density at radius 3 is 2.00 bits per heavy atom. The summed E-state index contributed by atoms with van der Waals surface area (Å²) in [5.41, 5.74) is 1.47. The lowest BCUT2D eigenvalue weighted by atomic mass is 9.99. The van der Waals surface area contributed by atoms with E-state index in [0.717, 1.165) is 21.8 Å². The lowest BCUT2D eigenvalue weighted by Gasteiger charge is -2.43. The van der Waals surface area contributed by atoms with Crippen LogP contribution in [0.4, 0.5) is 0 Å². The fraction of sp³-hybridized carbons (Fsp3) is 0.333. The molecule has 1 aliphatic rings. The van der Waals surface area contributed by atoms with Crippen LogP contribution in [-0.2, 0) is 27.4 Å². The van der Waals surface area contributed by atoms with Crippen LogP contribution in [0.5, 0.6) is 5.75 Å². The van der Waals surface area contributed by atoms with Crippen molar-refractivity contribution >= 4 is 11.8 Å². The van der Waals surface area contributed by atoms with Gasteiger partial charge in [-0.15, -0.1) is 0 Å². The lowest BCUT2D eigenvalue weighted by Crippen LogP contribution is -2.59. The summed E-state index contributed by atoms with van der Waals surface area (Å²) < 4.78 is 23.9. The Labute approximate surface area is 204 Å². The predicted octanol–water partition coefficient (Wildman–Crippen LogP) is 4.04. The molecular formula is C27H30O6S. The Bertz CT molecular complexity index is 985. The molecule has 0 amide bonds. The molecule has 5 atom stereocenters. The van der Waals surface area contributed by atoms with Gasteiger partial charge in [-0.05, 0) is 35.4 Å². The van der Waals surface area contributed by atoms with Crippen LogP contribution in [0.3, 0.4) is 0 Å². The summed E-state index contributed by atoms with van der Waals surface area (Å²) in [5, 5.41) is 20.9. The van der Waals surface area contributed by atoms with E-state index in [4.69, 9.17) is 18.9 Å². The first-order valence-electron chi connectivity index (χ1n) is 11.2. The van der Waals surface area contributed by atoms with Crippen molar-refractivity contribution in [1.82, 2.24) is 0 Å². The topological polar surface area (TPSA) is 77.4 Å². The van der Waals surface area contributed by atoms with E-state index in [9.17, 15) is 10.2 Å². The van der Waals surface area contributed by atoms with Crippen molar-refractivity contribution in [2.24, 2.45) is 0 Å². The molecule has 3 aromatic rings. The van der Waals surface area contributed by atoms with Gasteiger partial charge in [-0.3, -0.25) is 0 Å². The van der Waals surface area contributed by atoms with Gasteiger partial charge in [0, 0.05) is 4.90 Å². The number of aliphatic hydroxyl groups excluding tert-OH is 2. The van der Waals surface area contributed by atoms with E-state index in [2.05, 4.69) is 0 Å². The zero-order valence-corrected chi connectivity index (χ0v) is 19.8. The fourth-order valence-electron chi connectivity index (χ4n) is 3.82. The zero-order valence-electron chi connectivity index (χ0n) is 19.0. The highest BCUT2D eigenvalue weighted by Crippen LogP contribution is 2.36. The average Bonchev–Trinajstić information content (AvgIpc) is 2.89. The summed E-state index contributed by atoms with van der Waals surface area (Å²) in [6.45, 7) is 0.306. The van der Waals surface area contributed by atoms with Gasteiger partial charge < -0.3 is 29.2 Å². The van der Waals surface area contributed by atoms with E-state index in [1.807, 2.05) is 84.9 Å². The van der Waals surface area contributed by atoms with Gasteiger partial charge in [0.05, 0.1) is 26.9 Å². The Balaban J connectivity index is 1.56. The van der Waals surface area contributed by atoms with E-state index in [-0.39, 0.29) is 6.61 Å². The van der Waals surface area contributed by atoms with Gasteiger partial charge >= 0.3 is 0 Å². The molecule has 34 heavy (non-hydrogen) atoms. The highest BCUT2D eigenvalue weighted by Gasteiger charge is 2.47. The number of benzene rings is 3. The molecule has 3 aromatic carbocycles. The van der Waals surface area contributed by atoms with Gasteiger partial charge in [0.15, 0.2) is 0 Å². The number of aliphatic hydroxyl groups is 2. The first-order chi connectivity index (χ1) is 16.7. The maximum absolute atomic E-state index is 11.0. The van der Waals surface area contributed by atoms with E-state index >= 15 is 0 Å². The standard InChI is InChI=1S/C27H30O6S/c1-30-21-14-12-20(13-15-21)18-32-26-25(31-17-19-8-4-2-5-9-19)24(29)23(16-28)33-27(26)34-22-10-6-3-7-11-22/h2-15,23-29H,16-18H2,1H3/t23?,24-,25-,26?,27-/m0/s1. The van der Waals surface area contributed by atoms with Crippen molar-refractivity contribution in [3.63, 3.8) is 0 Å². The second-order valence-electron chi connectivity index (χ2n) is 8.03. The fourth-order valence-corrected chi connectivity index (χ4v) is 4.97. The van der Waals surface area contributed by atoms with E-state index < -0.39 is 29.9 Å². The molecule has 1 saturated heterocycles. The molecule has 1 heterocycles. The molecule has 0 spiro atoms. The van der Waals surface area contributed by atoms with Crippen molar-refractivity contribution in [2.45, 2.75) is 48.0 Å². The summed E-state index contributed by atoms with van der Waals surface area (Å²) in [7, 11) is 1.63. The Kier molecular flexibility index (Phi) is 8.98. The van der Waals surface area contributed by atoms with Crippen LogP contribution in [0.25, 0.3) is 0 Å². The summed E-state index contributed by atoms with van der Waals surface area (Å²) >= 11 is 1.49. The molecular weight excluding hydrogens is 452 g/mol. The number of methoxy groups -OCH3 is 1.